The first kappa shape index (κ1) is 17.4. The summed E-state index contributed by atoms with van der Waals surface area (Å²) in [6.45, 7) is 0.220. The van der Waals surface area contributed by atoms with Gasteiger partial charge in [0.15, 0.2) is 0 Å². The van der Waals surface area contributed by atoms with Gasteiger partial charge in [0.1, 0.15) is 5.82 Å². The molecule has 1 saturated heterocycles. The van der Waals surface area contributed by atoms with Gasteiger partial charge >= 0.3 is 0 Å². The zero-order valence-electron chi connectivity index (χ0n) is 12.9. The van der Waals surface area contributed by atoms with E-state index in [9.17, 15) is 18.8 Å². The summed E-state index contributed by atoms with van der Waals surface area (Å²) in [5.74, 6) is -1.19. The SMILES string of the molecule is O=C(NCCN1C(=O)S/C(=C\c2ccccc2F)C1=O)c1cccs1. The van der Waals surface area contributed by atoms with Crippen molar-refractivity contribution in [2.75, 3.05) is 13.1 Å². The summed E-state index contributed by atoms with van der Waals surface area (Å²) < 4.78 is 13.7. The van der Waals surface area contributed by atoms with E-state index in [1.165, 1.54) is 29.5 Å². The molecule has 3 rings (SSSR count). The lowest BCUT2D eigenvalue weighted by Crippen LogP contribution is -2.37. The molecule has 1 N–H and O–H groups in total. The van der Waals surface area contributed by atoms with E-state index < -0.39 is 17.0 Å². The molecule has 0 spiro atoms. The van der Waals surface area contributed by atoms with E-state index in [1.54, 1.807) is 29.6 Å². The highest BCUT2D eigenvalue weighted by Crippen LogP contribution is 2.32. The van der Waals surface area contributed by atoms with Crippen molar-refractivity contribution in [3.8, 4) is 0 Å². The Labute approximate surface area is 151 Å². The molecular formula is C17H13FN2O3S2. The summed E-state index contributed by atoms with van der Waals surface area (Å²) in [6, 6.07) is 9.48. The minimum Gasteiger partial charge on any atom is -0.350 e. The summed E-state index contributed by atoms with van der Waals surface area (Å²) in [4.78, 5) is 37.9. The van der Waals surface area contributed by atoms with Crippen LogP contribution in [0, 0.1) is 5.82 Å². The molecular weight excluding hydrogens is 363 g/mol. The van der Waals surface area contributed by atoms with Crippen molar-refractivity contribution in [1.29, 1.82) is 0 Å². The van der Waals surface area contributed by atoms with Crippen molar-refractivity contribution in [2.45, 2.75) is 0 Å². The van der Waals surface area contributed by atoms with Crippen molar-refractivity contribution in [3.05, 3.63) is 62.9 Å². The van der Waals surface area contributed by atoms with Gasteiger partial charge in [-0.3, -0.25) is 19.3 Å². The molecule has 0 atom stereocenters. The maximum atomic E-state index is 13.7. The number of imide groups is 1. The summed E-state index contributed by atoms with van der Waals surface area (Å²) in [5, 5.41) is 4.02. The normalized spacial score (nSPS) is 15.9. The molecule has 1 aromatic carbocycles. The second kappa shape index (κ2) is 7.62. The van der Waals surface area contributed by atoms with Crippen molar-refractivity contribution < 1.29 is 18.8 Å². The molecule has 2 heterocycles. The van der Waals surface area contributed by atoms with Crippen LogP contribution in [-0.4, -0.2) is 35.0 Å². The highest BCUT2D eigenvalue weighted by molar-refractivity contribution is 8.18. The molecule has 128 valence electrons. The third-order valence-corrected chi connectivity index (χ3v) is 5.21. The van der Waals surface area contributed by atoms with Crippen LogP contribution in [0.5, 0.6) is 0 Å². The standard InChI is InChI=1S/C17H13FN2O3S2/c18-12-5-2-1-4-11(12)10-14-16(22)20(17(23)25-14)8-7-19-15(21)13-6-3-9-24-13/h1-6,9-10H,7-8H2,(H,19,21)/b14-10-. The number of hydrogen-bond donors (Lipinski definition) is 1. The Morgan fingerprint density at radius 2 is 2.00 bits per heavy atom. The molecule has 1 aliphatic rings. The summed E-state index contributed by atoms with van der Waals surface area (Å²) in [7, 11) is 0. The second-order valence-electron chi connectivity index (χ2n) is 5.09. The lowest BCUT2D eigenvalue weighted by Gasteiger charge is -2.12. The fraction of sp³-hybridized carbons (Fsp3) is 0.118. The maximum absolute atomic E-state index is 13.7. The molecule has 0 bridgehead atoms. The fourth-order valence-electron chi connectivity index (χ4n) is 2.20. The first-order chi connectivity index (χ1) is 12.1. The number of halogens is 1. The largest absolute Gasteiger partial charge is 0.350 e. The van der Waals surface area contributed by atoms with Gasteiger partial charge in [0.25, 0.3) is 17.1 Å². The first-order valence-corrected chi connectivity index (χ1v) is 9.07. The summed E-state index contributed by atoms with van der Waals surface area (Å²) in [6.07, 6.45) is 1.37. The monoisotopic (exact) mass is 376 g/mol. The minimum absolute atomic E-state index is 0.0659. The van der Waals surface area contributed by atoms with E-state index in [-0.39, 0.29) is 29.5 Å². The van der Waals surface area contributed by atoms with E-state index in [1.807, 2.05) is 0 Å². The molecule has 8 heteroatoms. The van der Waals surface area contributed by atoms with Crippen LogP contribution in [-0.2, 0) is 4.79 Å². The van der Waals surface area contributed by atoms with Crippen molar-refractivity contribution in [1.82, 2.24) is 10.2 Å². The average Bonchev–Trinajstić information content (AvgIpc) is 3.21. The van der Waals surface area contributed by atoms with Gasteiger partial charge in [0.05, 0.1) is 9.78 Å². The van der Waals surface area contributed by atoms with Gasteiger partial charge in [0, 0.05) is 18.7 Å². The topological polar surface area (TPSA) is 66.5 Å². The Hall–Kier alpha value is -2.45. The van der Waals surface area contributed by atoms with Crippen LogP contribution in [0.1, 0.15) is 15.2 Å². The lowest BCUT2D eigenvalue weighted by atomic mass is 10.2. The molecule has 3 amide bonds. The molecule has 0 saturated carbocycles. The molecule has 1 aromatic heterocycles. The van der Waals surface area contributed by atoms with Gasteiger partial charge in [-0.05, 0) is 35.4 Å². The van der Waals surface area contributed by atoms with Crippen molar-refractivity contribution in [3.63, 3.8) is 0 Å². The summed E-state index contributed by atoms with van der Waals surface area (Å²) >= 11 is 2.07. The lowest BCUT2D eigenvalue weighted by molar-refractivity contribution is -0.122. The number of carbonyl (C=O) groups excluding carboxylic acids is 3. The van der Waals surface area contributed by atoms with Gasteiger partial charge in [0.2, 0.25) is 0 Å². The zero-order valence-corrected chi connectivity index (χ0v) is 14.5. The van der Waals surface area contributed by atoms with Gasteiger partial charge in [-0.2, -0.15) is 0 Å². The number of carbonyl (C=O) groups is 3. The number of nitrogens with zero attached hydrogens (tertiary/aromatic N) is 1. The van der Waals surface area contributed by atoms with Gasteiger partial charge in [-0.15, -0.1) is 11.3 Å². The molecule has 0 radical (unpaired) electrons. The van der Waals surface area contributed by atoms with Crippen LogP contribution in [0.3, 0.4) is 0 Å². The second-order valence-corrected chi connectivity index (χ2v) is 7.03. The predicted molar refractivity (Wildman–Crippen MR) is 95.7 cm³/mol. The zero-order chi connectivity index (χ0) is 17.8. The third kappa shape index (κ3) is 3.97. The predicted octanol–water partition coefficient (Wildman–Crippen LogP) is 3.35. The van der Waals surface area contributed by atoms with Crippen LogP contribution in [0.2, 0.25) is 0 Å². The minimum atomic E-state index is -0.483. The highest BCUT2D eigenvalue weighted by atomic mass is 32.2. The Bertz CT molecular complexity index is 849. The number of thioether (sulfide) groups is 1. The molecule has 0 unspecified atom stereocenters. The van der Waals surface area contributed by atoms with E-state index in [4.69, 9.17) is 0 Å². The smallest absolute Gasteiger partial charge is 0.293 e. The van der Waals surface area contributed by atoms with E-state index in [2.05, 4.69) is 5.32 Å². The Kier molecular flexibility index (Phi) is 5.30. The van der Waals surface area contributed by atoms with Crippen LogP contribution in [0.4, 0.5) is 9.18 Å². The molecule has 5 nitrogen and oxygen atoms in total. The van der Waals surface area contributed by atoms with E-state index >= 15 is 0 Å². The molecule has 0 aliphatic carbocycles. The molecule has 2 aromatic rings. The van der Waals surface area contributed by atoms with Crippen molar-refractivity contribution in [2.24, 2.45) is 0 Å². The average molecular weight is 376 g/mol. The third-order valence-electron chi connectivity index (χ3n) is 3.43. The first-order valence-electron chi connectivity index (χ1n) is 7.38. The van der Waals surface area contributed by atoms with Crippen LogP contribution < -0.4 is 5.32 Å². The Balaban J connectivity index is 1.62. The highest BCUT2D eigenvalue weighted by Gasteiger charge is 2.34. The quantitative estimate of drug-likeness (QED) is 0.813. The van der Waals surface area contributed by atoms with E-state index in [0.29, 0.717) is 4.88 Å². The molecule has 25 heavy (non-hydrogen) atoms. The molecule has 1 fully saturated rings. The summed E-state index contributed by atoms with van der Waals surface area (Å²) in [5.41, 5.74) is 0.249. The van der Waals surface area contributed by atoms with Crippen LogP contribution in [0.25, 0.3) is 6.08 Å². The number of nitrogens with one attached hydrogen (secondary N) is 1. The number of benzene rings is 1. The Morgan fingerprint density at radius 1 is 1.20 bits per heavy atom. The number of thiophene rings is 1. The fourth-order valence-corrected chi connectivity index (χ4v) is 3.70. The van der Waals surface area contributed by atoms with Gasteiger partial charge < -0.3 is 5.32 Å². The van der Waals surface area contributed by atoms with E-state index in [0.717, 1.165) is 16.7 Å². The maximum Gasteiger partial charge on any atom is 0.293 e. The van der Waals surface area contributed by atoms with Gasteiger partial charge in [-0.25, -0.2) is 4.39 Å². The van der Waals surface area contributed by atoms with Crippen LogP contribution >= 0.6 is 23.1 Å². The number of amides is 3. The van der Waals surface area contributed by atoms with Crippen molar-refractivity contribution >= 4 is 46.2 Å². The number of rotatable bonds is 5. The van der Waals surface area contributed by atoms with Gasteiger partial charge in [-0.1, -0.05) is 24.3 Å². The number of hydrogen-bond acceptors (Lipinski definition) is 5. The Morgan fingerprint density at radius 3 is 2.72 bits per heavy atom. The van der Waals surface area contributed by atoms with Crippen LogP contribution in [0.15, 0.2) is 46.7 Å². The molecule has 1 aliphatic heterocycles.